The Hall–Kier alpha value is -1.76. The average molecular weight is 347 g/mol. The van der Waals surface area contributed by atoms with Gasteiger partial charge in [-0.3, -0.25) is 4.79 Å². The minimum Gasteiger partial charge on any atom is -0.383 e. The van der Waals surface area contributed by atoms with Gasteiger partial charge < -0.3 is 15.0 Å². The molecule has 0 bridgehead atoms. The normalized spacial score (nSPS) is 12.2. The first-order valence-electron chi connectivity index (χ1n) is 8.02. The van der Waals surface area contributed by atoms with Gasteiger partial charge in [-0.05, 0) is 13.8 Å². The molecule has 1 atom stereocenters. The van der Waals surface area contributed by atoms with Gasteiger partial charge in [-0.2, -0.15) is 0 Å². The highest BCUT2D eigenvalue weighted by Crippen LogP contribution is 2.33. The second-order valence-electron chi connectivity index (χ2n) is 5.68. The van der Waals surface area contributed by atoms with Gasteiger partial charge in [0.15, 0.2) is 0 Å². The quantitative estimate of drug-likeness (QED) is 0.746. The number of nitrogens with one attached hydrogen (secondary N) is 1. The molecule has 1 heterocycles. The van der Waals surface area contributed by atoms with Crippen LogP contribution in [0.15, 0.2) is 30.3 Å². The van der Waals surface area contributed by atoms with Crippen LogP contribution in [0.25, 0.3) is 10.6 Å². The van der Waals surface area contributed by atoms with E-state index < -0.39 is 0 Å². The summed E-state index contributed by atoms with van der Waals surface area (Å²) in [6, 6.07) is 10.1. The summed E-state index contributed by atoms with van der Waals surface area (Å²) >= 11 is 1.65. The van der Waals surface area contributed by atoms with Crippen LogP contribution in [0.4, 0.5) is 0 Å². The third-order valence-electron chi connectivity index (χ3n) is 3.97. The average Bonchev–Trinajstić information content (AvgIpc) is 2.99. The Kier molecular flexibility index (Phi) is 6.90. The molecular weight excluding hydrogens is 322 g/mol. The van der Waals surface area contributed by atoms with Crippen LogP contribution in [0.3, 0.4) is 0 Å². The van der Waals surface area contributed by atoms with Crippen molar-refractivity contribution in [3.05, 3.63) is 40.9 Å². The maximum Gasteiger partial charge on any atom is 0.236 e. The van der Waals surface area contributed by atoms with Crippen LogP contribution >= 0.6 is 11.3 Å². The van der Waals surface area contributed by atoms with Crippen molar-refractivity contribution in [2.24, 2.45) is 0 Å². The summed E-state index contributed by atoms with van der Waals surface area (Å²) in [6.45, 7) is 5.63. The van der Waals surface area contributed by atoms with Gasteiger partial charge in [-0.15, -0.1) is 11.3 Å². The van der Waals surface area contributed by atoms with E-state index in [-0.39, 0.29) is 11.9 Å². The first kappa shape index (κ1) is 18.6. The number of likely N-dealkylation sites (N-methyl/N-ethyl adjacent to an activating group) is 1. The topological polar surface area (TPSA) is 54.5 Å². The van der Waals surface area contributed by atoms with Gasteiger partial charge in [0.1, 0.15) is 5.01 Å². The second-order valence-corrected chi connectivity index (χ2v) is 6.72. The van der Waals surface area contributed by atoms with Crippen molar-refractivity contribution < 1.29 is 9.53 Å². The Balaban J connectivity index is 2.05. The highest BCUT2D eigenvalue weighted by atomic mass is 32.1. The van der Waals surface area contributed by atoms with E-state index in [1.165, 1.54) is 0 Å². The fourth-order valence-electron chi connectivity index (χ4n) is 2.39. The number of thiazole rings is 1. The van der Waals surface area contributed by atoms with Crippen molar-refractivity contribution in [2.45, 2.75) is 19.9 Å². The van der Waals surface area contributed by atoms with Crippen molar-refractivity contribution in [3.63, 3.8) is 0 Å². The van der Waals surface area contributed by atoms with E-state index in [0.717, 1.165) is 21.1 Å². The van der Waals surface area contributed by atoms with Crippen LogP contribution in [-0.2, 0) is 9.53 Å². The number of hydrogen-bond donors (Lipinski definition) is 1. The van der Waals surface area contributed by atoms with Crippen molar-refractivity contribution in [2.75, 3.05) is 33.9 Å². The molecule has 0 saturated carbocycles. The fraction of sp³-hybridized carbons (Fsp3) is 0.444. The van der Waals surface area contributed by atoms with E-state index in [9.17, 15) is 4.79 Å². The molecule has 24 heavy (non-hydrogen) atoms. The summed E-state index contributed by atoms with van der Waals surface area (Å²) in [6.07, 6.45) is 0. The lowest BCUT2D eigenvalue weighted by Crippen LogP contribution is -2.38. The number of ether oxygens (including phenoxy) is 1. The van der Waals surface area contributed by atoms with E-state index in [1.54, 1.807) is 23.3 Å². The van der Waals surface area contributed by atoms with Gasteiger partial charge in [0.2, 0.25) is 5.91 Å². The molecule has 0 aliphatic carbocycles. The minimum absolute atomic E-state index is 0.00307. The molecular formula is C18H25N3O2S. The molecule has 5 nitrogen and oxygen atoms in total. The Morgan fingerprint density at radius 2 is 2.08 bits per heavy atom. The molecule has 0 aliphatic heterocycles. The summed E-state index contributed by atoms with van der Waals surface area (Å²) in [5, 5.41) is 4.09. The zero-order chi connectivity index (χ0) is 17.5. The third kappa shape index (κ3) is 4.63. The molecule has 0 fully saturated rings. The summed E-state index contributed by atoms with van der Waals surface area (Å²) < 4.78 is 4.97. The summed E-state index contributed by atoms with van der Waals surface area (Å²) in [7, 11) is 3.49. The molecule has 1 N–H and O–H groups in total. The van der Waals surface area contributed by atoms with Crippen LogP contribution in [0, 0.1) is 6.92 Å². The molecule has 1 aromatic heterocycles. The highest BCUT2D eigenvalue weighted by Gasteiger charge is 2.22. The first-order valence-corrected chi connectivity index (χ1v) is 8.84. The molecule has 0 spiro atoms. The molecule has 2 rings (SSSR count). The SMILES string of the molecule is COCCNCC(=O)N(C)C(C)c1sc(-c2ccccc2)nc1C. The van der Waals surface area contributed by atoms with Crippen LogP contribution in [-0.4, -0.2) is 49.6 Å². The van der Waals surface area contributed by atoms with Gasteiger partial charge in [-0.25, -0.2) is 4.98 Å². The first-order chi connectivity index (χ1) is 11.5. The predicted molar refractivity (Wildman–Crippen MR) is 98.2 cm³/mol. The van der Waals surface area contributed by atoms with E-state index in [1.807, 2.05) is 39.1 Å². The van der Waals surface area contributed by atoms with E-state index in [0.29, 0.717) is 19.7 Å². The van der Waals surface area contributed by atoms with Gasteiger partial charge in [-0.1, -0.05) is 30.3 Å². The number of methoxy groups -OCH3 is 1. The number of aryl methyl sites for hydroxylation is 1. The Morgan fingerprint density at radius 3 is 2.75 bits per heavy atom. The molecule has 6 heteroatoms. The molecule has 0 aliphatic rings. The van der Waals surface area contributed by atoms with Crippen molar-refractivity contribution in [3.8, 4) is 10.6 Å². The molecule has 0 radical (unpaired) electrons. The van der Waals surface area contributed by atoms with Crippen LogP contribution in [0.2, 0.25) is 0 Å². The van der Waals surface area contributed by atoms with Gasteiger partial charge >= 0.3 is 0 Å². The maximum absolute atomic E-state index is 12.3. The Labute approximate surface area is 147 Å². The number of amides is 1. The summed E-state index contributed by atoms with van der Waals surface area (Å²) in [5.41, 5.74) is 2.10. The minimum atomic E-state index is -0.00307. The molecule has 1 amide bonds. The van der Waals surface area contributed by atoms with Crippen LogP contribution in [0.1, 0.15) is 23.5 Å². The molecule has 1 unspecified atom stereocenters. The van der Waals surface area contributed by atoms with Crippen LogP contribution < -0.4 is 5.32 Å². The molecule has 2 aromatic rings. The van der Waals surface area contributed by atoms with Gasteiger partial charge in [0.05, 0.1) is 29.8 Å². The van der Waals surface area contributed by atoms with Gasteiger partial charge in [0, 0.05) is 26.3 Å². The van der Waals surface area contributed by atoms with E-state index >= 15 is 0 Å². The monoisotopic (exact) mass is 347 g/mol. The number of aromatic nitrogens is 1. The third-order valence-corrected chi connectivity index (χ3v) is 5.34. The summed E-state index contributed by atoms with van der Waals surface area (Å²) in [4.78, 5) is 19.9. The van der Waals surface area contributed by atoms with E-state index in [4.69, 9.17) is 4.74 Å². The Bertz CT molecular complexity index is 658. The fourth-order valence-corrected chi connectivity index (χ4v) is 3.55. The number of rotatable bonds is 8. The smallest absolute Gasteiger partial charge is 0.236 e. The zero-order valence-corrected chi connectivity index (χ0v) is 15.5. The lowest BCUT2D eigenvalue weighted by Gasteiger charge is -2.24. The summed E-state index contributed by atoms with van der Waals surface area (Å²) in [5.74, 6) is 0.0627. The molecule has 130 valence electrons. The predicted octanol–water partition coefficient (Wildman–Crippen LogP) is 2.87. The number of nitrogens with zero attached hydrogens (tertiary/aromatic N) is 2. The Morgan fingerprint density at radius 1 is 1.38 bits per heavy atom. The molecule has 0 saturated heterocycles. The second kappa shape index (κ2) is 8.92. The molecule has 1 aromatic carbocycles. The number of carbonyl (C=O) groups is 1. The highest BCUT2D eigenvalue weighted by molar-refractivity contribution is 7.15. The largest absolute Gasteiger partial charge is 0.383 e. The van der Waals surface area contributed by atoms with Crippen molar-refractivity contribution in [1.29, 1.82) is 0 Å². The number of carbonyl (C=O) groups excluding carboxylic acids is 1. The van der Waals surface area contributed by atoms with Gasteiger partial charge in [0.25, 0.3) is 0 Å². The maximum atomic E-state index is 12.3. The lowest BCUT2D eigenvalue weighted by molar-refractivity contribution is -0.130. The number of benzene rings is 1. The standard InChI is InChI=1S/C18H25N3O2S/c1-13-17(24-18(20-13)15-8-6-5-7-9-15)14(2)21(3)16(22)12-19-10-11-23-4/h5-9,14,19H,10-12H2,1-4H3. The van der Waals surface area contributed by atoms with Crippen molar-refractivity contribution in [1.82, 2.24) is 15.2 Å². The zero-order valence-electron chi connectivity index (χ0n) is 14.7. The van der Waals surface area contributed by atoms with E-state index in [2.05, 4.69) is 22.4 Å². The van der Waals surface area contributed by atoms with Crippen LogP contribution in [0.5, 0.6) is 0 Å². The van der Waals surface area contributed by atoms with Crippen molar-refractivity contribution >= 4 is 17.2 Å². The number of hydrogen-bond acceptors (Lipinski definition) is 5. The lowest BCUT2D eigenvalue weighted by atomic mass is 10.2.